The molecule has 2 saturated carbocycles. The summed E-state index contributed by atoms with van der Waals surface area (Å²) >= 11 is 0. The van der Waals surface area contributed by atoms with Crippen molar-refractivity contribution in [2.45, 2.75) is 66.4 Å². The Kier molecular flexibility index (Phi) is 7.20. The van der Waals surface area contributed by atoms with E-state index in [1.165, 1.54) is 7.11 Å². The summed E-state index contributed by atoms with van der Waals surface area (Å²) in [6.07, 6.45) is 0.100. The highest BCUT2D eigenvalue weighted by Gasteiger charge is 2.84. The number of esters is 1. The second-order valence-electron chi connectivity index (χ2n) is 10.5. The van der Waals surface area contributed by atoms with Gasteiger partial charge in [0.1, 0.15) is 5.60 Å². The van der Waals surface area contributed by atoms with Crippen molar-refractivity contribution in [2.75, 3.05) is 12.4 Å². The number of benzene rings is 1. The lowest BCUT2D eigenvalue weighted by Crippen LogP contribution is -2.45. The molecule has 2 aliphatic rings. The van der Waals surface area contributed by atoms with Crippen LogP contribution in [0.25, 0.3) is 0 Å². The molecule has 0 bridgehead atoms. The molecule has 2 aliphatic carbocycles. The summed E-state index contributed by atoms with van der Waals surface area (Å²) in [5, 5.41) is 2.93. The van der Waals surface area contributed by atoms with Gasteiger partial charge in [0.25, 0.3) is 0 Å². The van der Waals surface area contributed by atoms with Crippen LogP contribution in [0.5, 0.6) is 0 Å². The number of methoxy groups -OCH3 is 1. The molecule has 35 heavy (non-hydrogen) atoms. The number of carbonyl (C=O) groups excluding carboxylic acids is 4. The van der Waals surface area contributed by atoms with Gasteiger partial charge in [-0.1, -0.05) is 31.5 Å². The van der Waals surface area contributed by atoms with E-state index in [1.54, 1.807) is 20.8 Å². The van der Waals surface area contributed by atoms with E-state index in [0.29, 0.717) is 18.5 Å². The van der Waals surface area contributed by atoms with Crippen LogP contribution in [0.15, 0.2) is 24.3 Å². The topological polar surface area (TPSA) is 120 Å². The van der Waals surface area contributed by atoms with Crippen LogP contribution in [-0.4, -0.2) is 36.6 Å². The molecular weight excluding hydrogens is 452 g/mol. The molecule has 5 unspecified atom stereocenters. The Morgan fingerprint density at radius 1 is 1.06 bits per heavy atom. The Balaban J connectivity index is 1.89. The average Bonchev–Trinajstić information content (AvgIpc) is 3.38. The molecule has 1 aromatic carbocycles. The SMILES string of the molecule is CCC1(C(=O)ONC(=O)OC(C)(C)C)CC(C(=O)Nc2ccc(C)cc2)C2C(C(=O)OC)C21CC. The smallest absolute Gasteiger partial charge is 0.441 e. The third-order valence-corrected chi connectivity index (χ3v) is 7.61. The summed E-state index contributed by atoms with van der Waals surface area (Å²) in [4.78, 5) is 57.0. The van der Waals surface area contributed by atoms with Gasteiger partial charge in [-0.3, -0.25) is 9.59 Å². The number of ether oxygens (including phenoxy) is 2. The molecule has 9 nitrogen and oxygen atoms in total. The van der Waals surface area contributed by atoms with E-state index in [1.807, 2.05) is 45.0 Å². The molecule has 192 valence electrons. The molecule has 2 amide bonds. The number of hydrogen-bond donors (Lipinski definition) is 2. The predicted molar refractivity (Wildman–Crippen MR) is 128 cm³/mol. The van der Waals surface area contributed by atoms with Crippen LogP contribution in [-0.2, 0) is 28.7 Å². The minimum absolute atomic E-state index is 0.196. The molecule has 1 aromatic rings. The molecule has 3 rings (SSSR count). The number of hydroxylamine groups is 1. The van der Waals surface area contributed by atoms with Gasteiger partial charge in [-0.05, 0) is 65.0 Å². The second-order valence-corrected chi connectivity index (χ2v) is 10.5. The number of amides is 2. The van der Waals surface area contributed by atoms with Crippen LogP contribution in [0.4, 0.5) is 10.5 Å². The highest BCUT2D eigenvalue weighted by atomic mass is 16.7. The number of anilines is 1. The van der Waals surface area contributed by atoms with Crippen LogP contribution in [0, 0.1) is 35.5 Å². The molecule has 0 aromatic heterocycles. The zero-order valence-corrected chi connectivity index (χ0v) is 21.5. The van der Waals surface area contributed by atoms with E-state index in [9.17, 15) is 19.2 Å². The van der Waals surface area contributed by atoms with Crippen LogP contribution in [0.2, 0.25) is 0 Å². The highest BCUT2D eigenvalue weighted by molar-refractivity contribution is 5.97. The van der Waals surface area contributed by atoms with E-state index in [0.717, 1.165) is 5.56 Å². The molecule has 0 spiro atoms. The maximum absolute atomic E-state index is 13.5. The van der Waals surface area contributed by atoms with Gasteiger partial charge in [0.2, 0.25) is 5.91 Å². The van der Waals surface area contributed by atoms with Crippen molar-refractivity contribution < 1.29 is 33.5 Å². The van der Waals surface area contributed by atoms with Gasteiger partial charge in [0, 0.05) is 17.0 Å². The molecule has 0 heterocycles. The lowest BCUT2D eigenvalue weighted by Gasteiger charge is -2.36. The van der Waals surface area contributed by atoms with Crippen LogP contribution in [0.3, 0.4) is 0 Å². The molecule has 5 atom stereocenters. The summed E-state index contributed by atoms with van der Waals surface area (Å²) in [6.45, 7) is 10.8. The summed E-state index contributed by atoms with van der Waals surface area (Å²) in [7, 11) is 1.30. The third-order valence-electron chi connectivity index (χ3n) is 7.61. The summed E-state index contributed by atoms with van der Waals surface area (Å²) < 4.78 is 10.2. The number of hydrogen-bond acceptors (Lipinski definition) is 7. The first kappa shape index (κ1) is 26.5. The van der Waals surface area contributed by atoms with Gasteiger partial charge < -0.3 is 19.6 Å². The zero-order chi connectivity index (χ0) is 26.2. The van der Waals surface area contributed by atoms with E-state index >= 15 is 0 Å². The summed E-state index contributed by atoms with van der Waals surface area (Å²) in [5.74, 6) is -2.99. The van der Waals surface area contributed by atoms with Crippen molar-refractivity contribution in [3.8, 4) is 0 Å². The third kappa shape index (κ3) is 4.60. The first-order chi connectivity index (χ1) is 16.4. The Hall–Kier alpha value is -3.10. The van der Waals surface area contributed by atoms with Gasteiger partial charge in [-0.25, -0.2) is 9.59 Å². The normalized spacial score (nSPS) is 28.9. The van der Waals surface area contributed by atoms with Gasteiger partial charge in [-0.2, -0.15) is 0 Å². The maximum Gasteiger partial charge on any atom is 0.441 e. The molecule has 0 radical (unpaired) electrons. The minimum Gasteiger partial charge on any atom is -0.469 e. The van der Waals surface area contributed by atoms with Crippen LogP contribution < -0.4 is 10.8 Å². The first-order valence-electron chi connectivity index (χ1n) is 12.0. The maximum atomic E-state index is 13.5. The minimum atomic E-state index is -1.16. The van der Waals surface area contributed by atoms with E-state index < -0.39 is 46.3 Å². The lowest BCUT2D eigenvalue weighted by atomic mass is 9.67. The largest absolute Gasteiger partial charge is 0.469 e. The Bertz CT molecular complexity index is 1000. The van der Waals surface area contributed by atoms with Crippen molar-refractivity contribution in [3.05, 3.63) is 29.8 Å². The molecule has 0 aliphatic heterocycles. The van der Waals surface area contributed by atoms with Crippen LogP contribution >= 0.6 is 0 Å². The second kappa shape index (κ2) is 9.51. The molecule has 0 saturated heterocycles. The number of aryl methyl sites for hydroxylation is 1. The average molecular weight is 489 g/mol. The molecule has 9 heteroatoms. The number of nitrogens with one attached hydrogen (secondary N) is 2. The molecule has 2 N–H and O–H groups in total. The monoisotopic (exact) mass is 488 g/mol. The van der Waals surface area contributed by atoms with Gasteiger partial charge in [0.15, 0.2) is 0 Å². The molecule has 2 fully saturated rings. The standard InChI is InChI=1S/C26H36N2O7/c1-8-25(22(31)35-28-23(32)34-24(4,5)6)14-17(18-19(21(30)33-7)26(18,25)9-2)20(29)27-16-12-10-15(3)11-13-16/h10-13,17-19H,8-9,14H2,1-7H3,(H,27,29)(H,28,32). The van der Waals surface area contributed by atoms with E-state index in [2.05, 4.69) is 10.8 Å². The Labute approximate surface area is 206 Å². The Morgan fingerprint density at radius 3 is 2.20 bits per heavy atom. The summed E-state index contributed by atoms with van der Waals surface area (Å²) in [6, 6.07) is 7.41. The van der Waals surface area contributed by atoms with Crippen molar-refractivity contribution in [3.63, 3.8) is 0 Å². The quantitative estimate of drug-likeness (QED) is 0.351. The highest BCUT2D eigenvalue weighted by Crippen LogP contribution is 2.80. The van der Waals surface area contributed by atoms with Crippen LogP contribution in [0.1, 0.15) is 59.4 Å². The first-order valence-corrected chi connectivity index (χ1v) is 12.0. The fourth-order valence-electron chi connectivity index (χ4n) is 6.15. The van der Waals surface area contributed by atoms with Crippen molar-refractivity contribution in [2.24, 2.45) is 28.6 Å². The Morgan fingerprint density at radius 2 is 1.69 bits per heavy atom. The molecular formula is C26H36N2O7. The van der Waals surface area contributed by atoms with Gasteiger partial charge in [0.05, 0.1) is 18.4 Å². The lowest BCUT2D eigenvalue weighted by molar-refractivity contribution is -0.170. The van der Waals surface area contributed by atoms with Gasteiger partial charge in [-0.15, -0.1) is 5.48 Å². The summed E-state index contributed by atoms with van der Waals surface area (Å²) in [5.41, 5.74) is 1.04. The van der Waals surface area contributed by atoms with Gasteiger partial charge >= 0.3 is 18.0 Å². The zero-order valence-electron chi connectivity index (χ0n) is 21.5. The predicted octanol–water partition coefficient (Wildman–Crippen LogP) is 4.15. The number of carbonyl (C=O) groups is 4. The van der Waals surface area contributed by atoms with Crippen molar-refractivity contribution >= 4 is 29.6 Å². The van der Waals surface area contributed by atoms with E-state index in [4.69, 9.17) is 14.3 Å². The van der Waals surface area contributed by atoms with E-state index in [-0.39, 0.29) is 18.2 Å². The van der Waals surface area contributed by atoms with Crippen molar-refractivity contribution in [1.82, 2.24) is 5.48 Å². The number of fused-ring (bicyclic) bond motifs is 1. The number of rotatable bonds is 6. The fraction of sp³-hybridized carbons (Fsp3) is 0.615. The van der Waals surface area contributed by atoms with Crippen molar-refractivity contribution in [1.29, 1.82) is 0 Å². The fourth-order valence-corrected chi connectivity index (χ4v) is 6.15.